The number of anilines is 1. The van der Waals surface area contributed by atoms with Crippen LogP contribution in [0.25, 0.3) is 0 Å². The first-order valence-electron chi connectivity index (χ1n) is 8.10. The van der Waals surface area contributed by atoms with Crippen LogP contribution in [0.3, 0.4) is 0 Å². The molecular weight excluding hydrogens is 362 g/mol. The van der Waals surface area contributed by atoms with Crippen molar-refractivity contribution >= 4 is 27.5 Å². The van der Waals surface area contributed by atoms with Gasteiger partial charge < -0.3 is 14.6 Å². The number of sulfonamides is 1. The van der Waals surface area contributed by atoms with Crippen LogP contribution < -0.4 is 4.72 Å². The molecular formula is C17H19NO7S. The van der Waals surface area contributed by atoms with Crippen LogP contribution in [0.2, 0.25) is 0 Å². The van der Waals surface area contributed by atoms with Crippen LogP contribution in [-0.2, 0) is 24.3 Å². The summed E-state index contributed by atoms with van der Waals surface area (Å²) >= 11 is 0. The van der Waals surface area contributed by atoms with Gasteiger partial charge in [-0.15, -0.1) is 0 Å². The Bertz CT molecular complexity index is 869. The summed E-state index contributed by atoms with van der Waals surface area (Å²) in [5.74, 6) is -2.82. The number of carboxylic acid groups (broad SMARTS) is 1. The number of ketones is 1. The van der Waals surface area contributed by atoms with Gasteiger partial charge >= 0.3 is 5.97 Å². The van der Waals surface area contributed by atoms with Crippen molar-refractivity contribution in [3.05, 3.63) is 41.5 Å². The second-order valence-corrected chi connectivity index (χ2v) is 8.05. The number of ether oxygens (including phenoxy) is 2. The number of carboxylic acids is 1. The highest BCUT2D eigenvalue weighted by Gasteiger charge is 2.45. The van der Waals surface area contributed by atoms with Gasteiger partial charge in [0, 0.05) is 12.0 Å². The molecule has 1 unspecified atom stereocenters. The lowest BCUT2D eigenvalue weighted by Gasteiger charge is -2.32. The number of hydrogen-bond donors (Lipinski definition) is 2. The quantitative estimate of drug-likeness (QED) is 0.743. The second kappa shape index (κ2) is 6.82. The van der Waals surface area contributed by atoms with Gasteiger partial charge in [0.25, 0.3) is 0 Å². The van der Waals surface area contributed by atoms with Crippen molar-refractivity contribution in [2.45, 2.75) is 30.8 Å². The molecule has 1 fully saturated rings. The molecule has 0 amide bonds. The molecule has 1 heterocycles. The van der Waals surface area contributed by atoms with Crippen molar-refractivity contribution in [3.63, 3.8) is 0 Å². The Morgan fingerprint density at radius 3 is 2.50 bits per heavy atom. The summed E-state index contributed by atoms with van der Waals surface area (Å²) in [6, 6.07) is 6.18. The topological polar surface area (TPSA) is 119 Å². The Morgan fingerprint density at radius 1 is 1.23 bits per heavy atom. The molecule has 140 valence electrons. The van der Waals surface area contributed by atoms with Gasteiger partial charge in [-0.3, -0.25) is 9.52 Å². The Hall–Kier alpha value is -2.23. The minimum atomic E-state index is -4.10. The number of carbonyl (C=O) groups excluding carboxylic acids is 1. The fourth-order valence-corrected chi connectivity index (χ4v) is 4.77. The molecule has 1 aliphatic carbocycles. The van der Waals surface area contributed by atoms with E-state index < -0.39 is 27.0 Å². The van der Waals surface area contributed by atoms with Crippen molar-refractivity contribution in [2.24, 2.45) is 0 Å². The number of hydrogen-bond acceptors (Lipinski definition) is 6. The average molecular weight is 381 g/mol. The minimum Gasteiger partial charge on any atom is -0.478 e. The van der Waals surface area contributed by atoms with E-state index in [9.17, 15) is 23.1 Å². The Labute approximate surface area is 150 Å². The zero-order chi connectivity index (χ0) is 18.9. The van der Waals surface area contributed by atoms with E-state index in [-0.39, 0.29) is 35.4 Å². The number of aliphatic carboxylic acids is 1. The zero-order valence-corrected chi connectivity index (χ0v) is 14.9. The molecule has 1 saturated heterocycles. The molecule has 1 aromatic carbocycles. The molecule has 1 atom stereocenters. The molecule has 0 saturated carbocycles. The summed E-state index contributed by atoms with van der Waals surface area (Å²) in [4.78, 5) is 23.4. The number of para-hydroxylation sites is 1. The Kier molecular flexibility index (Phi) is 4.87. The van der Waals surface area contributed by atoms with E-state index in [0.717, 1.165) is 0 Å². The minimum absolute atomic E-state index is 0.0235. The number of nitrogens with one attached hydrogen (secondary N) is 1. The van der Waals surface area contributed by atoms with Crippen LogP contribution in [0.5, 0.6) is 0 Å². The predicted octanol–water partition coefficient (Wildman–Crippen LogP) is 1.55. The van der Waals surface area contributed by atoms with Gasteiger partial charge in [-0.25, -0.2) is 13.2 Å². The van der Waals surface area contributed by atoms with Gasteiger partial charge in [-0.2, -0.15) is 0 Å². The first-order valence-corrected chi connectivity index (χ1v) is 9.64. The smallest absolute Gasteiger partial charge is 0.332 e. The van der Waals surface area contributed by atoms with Crippen molar-refractivity contribution in [3.8, 4) is 0 Å². The molecule has 0 bridgehead atoms. The van der Waals surface area contributed by atoms with Gasteiger partial charge in [0.05, 0.1) is 24.5 Å². The van der Waals surface area contributed by atoms with Gasteiger partial charge in [0.15, 0.2) is 11.6 Å². The van der Waals surface area contributed by atoms with Crippen molar-refractivity contribution < 1.29 is 32.6 Å². The summed E-state index contributed by atoms with van der Waals surface area (Å²) in [7, 11) is -4.10. The van der Waals surface area contributed by atoms with Gasteiger partial charge in [0.2, 0.25) is 10.0 Å². The standard InChI is InChI=1S/C17H19NO7S/c1-11(19)12-4-2-3-5-14(12)18-26(22,23)15-6-7-17(24-8-9-25-17)10-13(15)16(20)21/h2-5,10,15,18H,6-9H2,1H3,(H,20,21). The highest BCUT2D eigenvalue weighted by Crippen LogP contribution is 2.37. The van der Waals surface area contributed by atoms with Crippen LogP contribution in [-0.4, -0.2) is 49.5 Å². The number of Topliss-reactive ketones (excluding diaryl/α,β-unsaturated/α-hetero) is 1. The molecule has 26 heavy (non-hydrogen) atoms. The van der Waals surface area contributed by atoms with Crippen LogP contribution in [0.15, 0.2) is 35.9 Å². The molecule has 1 aromatic rings. The molecule has 3 rings (SSSR count). The lowest BCUT2D eigenvalue weighted by Crippen LogP contribution is -2.42. The predicted molar refractivity (Wildman–Crippen MR) is 92.4 cm³/mol. The molecule has 9 heteroatoms. The summed E-state index contributed by atoms with van der Waals surface area (Å²) in [6.07, 6.45) is 1.49. The number of carbonyl (C=O) groups is 2. The maximum absolute atomic E-state index is 12.8. The first-order chi connectivity index (χ1) is 12.2. The molecule has 1 spiro atoms. The van der Waals surface area contributed by atoms with E-state index in [2.05, 4.69) is 4.72 Å². The maximum atomic E-state index is 12.8. The number of benzene rings is 1. The summed E-state index contributed by atoms with van der Waals surface area (Å²) in [5, 5.41) is 8.22. The van der Waals surface area contributed by atoms with Crippen LogP contribution in [0.4, 0.5) is 5.69 Å². The third-order valence-corrected chi connectivity index (χ3v) is 6.18. The van der Waals surface area contributed by atoms with Crippen molar-refractivity contribution in [1.29, 1.82) is 0 Å². The van der Waals surface area contributed by atoms with Crippen LogP contribution in [0.1, 0.15) is 30.1 Å². The third-order valence-electron chi connectivity index (χ3n) is 4.43. The molecule has 0 radical (unpaired) electrons. The zero-order valence-electron chi connectivity index (χ0n) is 14.1. The van der Waals surface area contributed by atoms with E-state index in [1.54, 1.807) is 12.1 Å². The summed E-state index contributed by atoms with van der Waals surface area (Å²) in [5.41, 5.74) is 0.0380. The molecule has 8 nitrogen and oxygen atoms in total. The lowest BCUT2D eigenvalue weighted by molar-refractivity contribution is -0.138. The van der Waals surface area contributed by atoms with Crippen molar-refractivity contribution in [2.75, 3.05) is 17.9 Å². The van der Waals surface area contributed by atoms with E-state index in [1.807, 2.05) is 0 Å². The third kappa shape index (κ3) is 3.50. The van der Waals surface area contributed by atoms with Crippen molar-refractivity contribution in [1.82, 2.24) is 0 Å². The van der Waals surface area contributed by atoms with E-state index in [0.29, 0.717) is 13.2 Å². The highest BCUT2D eigenvalue weighted by atomic mass is 32.2. The van der Waals surface area contributed by atoms with Crippen LogP contribution >= 0.6 is 0 Å². The average Bonchev–Trinajstić information content (AvgIpc) is 3.02. The normalized spacial score (nSPS) is 22.0. The van der Waals surface area contributed by atoms with E-state index >= 15 is 0 Å². The fraction of sp³-hybridized carbons (Fsp3) is 0.412. The lowest BCUT2D eigenvalue weighted by atomic mass is 9.94. The molecule has 2 aliphatic rings. The van der Waals surface area contributed by atoms with E-state index in [1.165, 1.54) is 25.1 Å². The van der Waals surface area contributed by atoms with Crippen LogP contribution in [0, 0.1) is 0 Å². The largest absolute Gasteiger partial charge is 0.478 e. The fourth-order valence-electron chi connectivity index (χ4n) is 3.21. The Morgan fingerprint density at radius 2 is 1.88 bits per heavy atom. The first kappa shape index (κ1) is 18.6. The van der Waals surface area contributed by atoms with Gasteiger partial charge in [-0.1, -0.05) is 12.1 Å². The number of rotatable bonds is 5. The second-order valence-electron chi connectivity index (χ2n) is 6.19. The molecule has 1 aliphatic heterocycles. The van der Waals surface area contributed by atoms with E-state index in [4.69, 9.17) is 9.47 Å². The molecule has 2 N–H and O–H groups in total. The van der Waals surface area contributed by atoms with Gasteiger partial charge in [0.1, 0.15) is 5.25 Å². The highest BCUT2D eigenvalue weighted by molar-refractivity contribution is 7.93. The molecule has 0 aromatic heterocycles. The van der Waals surface area contributed by atoms with Gasteiger partial charge in [-0.05, 0) is 31.6 Å². The Balaban J connectivity index is 1.94. The monoisotopic (exact) mass is 381 g/mol. The SMILES string of the molecule is CC(=O)c1ccccc1NS(=O)(=O)C1CCC2(C=C1C(=O)O)OCCO2. The summed E-state index contributed by atoms with van der Waals surface area (Å²) in [6.45, 7) is 1.98. The summed E-state index contributed by atoms with van der Waals surface area (Å²) < 4.78 is 39.0. The maximum Gasteiger partial charge on any atom is 0.332 e.